The van der Waals surface area contributed by atoms with Crippen molar-refractivity contribution in [3.63, 3.8) is 0 Å². The highest BCUT2D eigenvalue weighted by atomic mass is 32.1. The molecule has 0 unspecified atom stereocenters. The van der Waals surface area contributed by atoms with Crippen molar-refractivity contribution < 1.29 is 0 Å². The lowest BCUT2D eigenvalue weighted by molar-refractivity contribution is 1.18. The van der Waals surface area contributed by atoms with Gasteiger partial charge < -0.3 is 11.5 Å². The van der Waals surface area contributed by atoms with E-state index in [9.17, 15) is 0 Å². The second-order valence-electron chi connectivity index (χ2n) is 3.91. The fourth-order valence-electron chi connectivity index (χ4n) is 1.80. The molecule has 8 heteroatoms. The van der Waals surface area contributed by atoms with Crippen molar-refractivity contribution >= 4 is 28.5 Å². The number of hydrogen-bond acceptors (Lipinski definition) is 5. The molecule has 0 saturated heterocycles. The molecular weight excluding hydrogens is 274 g/mol. The predicted molar refractivity (Wildman–Crippen MR) is 79.7 cm³/mol. The van der Waals surface area contributed by atoms with Gasteiger partial charge >= 0.3 is 0 Å². The van der Waals surface area contributed by atoms with Crippen molar-refractivity contribution in [3.05, 3.63) is 41.8 Å². The van der Waals surface area contributed by atoms with Crippen LogP contribution < -0.4 is 11.5 Å². The lowest BCUT2D eigenvalue weighted by atomic mass is 10.1. The van der Waals surface area contributed by atoms with Gasteiger partial charge in [-0.05, 0) is 12.1 Å². The van der Waals surface area contributed by atoms with Gasteiger partial charge in [-0.3, -0.25) is 9.38 Å². The molecule has 3 heterocycles. The predicted octanol–water partition coefficient (Wildman–Crippen LogP) is 1.07. The number of nitrogens with two attached hydrogens (primary N) is 2. The van der Waals surface area contributed by atoms with Crippen LogP contribution in [0.5, 0.6) is 0 Å². The first-order chi connectivity index (χ1) is 9.75. The third-order valence-electron chi connectivity index (χ3n) is 2.61. The van der Waals surface area contributed by atoms with E-state index >= 15 is 0 Å². The van der Waals surface area contributed by atoms with Crippen LogP contribution in [-0.2, 0) is 0 Å². The summed E-state index contributed by atoms with van der Waals surface area (Å²) in [6.45, 7) is 0. The quantitative estimate of drug-likeness (QED) is 0.426. The van der Waals surface area contributed by atoms with Crippen molar-refractivity contribution in [2.75, 3.05) is 0 Å². The van der Waals surface area contributed by atoms with Gasteiger partial charge in [-0.15, -0.1) is 16.4 Å². The number of rotatable bonds is 3. The first-order valence-electron chi connectivity index (χ1n) is 5.73. The van der Waals surface area contributed by atoms with E-state index in [2.05, 4.69) is 20.2 Å². The van der Waals surface area contributed by atoms with Crippen LogP contribution in [0.15, 0.2) is 46.3 Å². The molecule has 0 spiro atoms. The van der Waals surface area contributed by atoms with Crippen LogP contribution in [0.2, 0.25) is 0 Å². The Kier molecular flexibility index (Phi) is 3.13. The maximum atomic E-state index is 5.26. The van der Waals surface area contributed by atoms with Gasteiger partial charge in [-0.2, -0.15) is 5.10 Å². The molecule has 0 aromatic carbocycles. The minimum Gasteiger partial charge on any atom is -0.369 e. The van der Waals surface area contributed by atoms with Crippen LogP contribution in [-0.4, -0.2) is 26.5 Å². The number of aromatic nitrogens is 3. The SMILES string of the molecule is NC(N)=N/N=C/c1c(-c2ccncc2)nc2sccn12. The molecular formula is C12H11N7S. The summed E-state index contributed by atoms with van der Waals surface area (Å²) in [6.07, 6.45) is 6.95. The Morgan fingerprint density at radius 3 is 2.85 bits per heavy atom. The highest BCUT2D eigenvalue weighted by molar-refractivity contribution is 7.15. The second-order valence-corrected chi connectivity index (χ2v) is 4.78. The van der Waals surface area contributed by atoms with Crippen molar-refractivity contribution in [2.45, 2.75) is 0 Å². The van der Waals surface area contributed by atoms with E-state index < -0.39 is 0 Å². The lowest BCUT2D eigenvalue weighted by Crippen LogP contribution is -2.21. The minimum absolute atomic E-state index is 0.0854. The van der Waals surface area contributed by atoms with E-state index in [1.165, 1.54) is 0 Å². The Bertz CT molecular complexity index is 781. The van der Waals surface area contributed by atoms with Gasteiger partial charge in [0, 0.05) is 29.5 Å². The summed E-state index contributed by atoms with van der Waals surface area (Å²) in [6, 6.07) is 3.79. The average Bonchev–Trinajstić information content (AvgIpc) is 3.01. The largest absolute Gasteiger partial charge is 0.369 e. The highest BCUT2D eigenvalue weighted by Gasteiger charge is 2.13. The number of imidazole rings is 1. The summed E-state index contributed by atoms with van der Waals surface area (Å²) in [5.74, 6) is -0.0854. The Hall–Kier alpha value is -2.74. The zero-order valence-corrected chi connectivity index (χ0v) is 11.2. The van der Waals surface area contributed by atoms with Crippen molar-refractivity contribution in [3.8, 4) is 11.3 Å². The molecule has 0 amide bonds. The molecule has 20 heavy (non-hydrogen) atoms. The van der Waals surface area contributed by atoms with Crippen LogP contribution in [0.25, 0.3) is 16.2 Å². The number of guanidine groups is 1. The van der Waals surface area contributed by atoms with Gasteiger partial charge in [0.1, 0.15) is 0 Å². The number of hydrogen-bond donors (Lipinski definition) is 2. The molecule has 3 aromatic rings. The van der Waals surface area contributed by atoms with Crippen LogP contribution in [0.1, 0.15) is 5.69 Å². The van der Waals surface area contributed by atoms with Crippen molar-refractivity contribution in [1.29, 1.82) is 0 Å². The molecule has 3 rings (SSSR count). The lowest BCUT2D eigenvalue weighted by Gasteiger charge is -1.98. The summed E-state index contributed by atoms with van der Waals surface area (Å²) in [7, 11) is 0. The van der Waals surface area contributed by atoms with Crippen molar-refractivity contribution in [1.82, 2.24) is 14.4 Å². The monoisotopic (exact) mass is 285 g/mol. The van der Waals surface area contributed by atoms with Gasteiger partial charge in [0.15, 0.2) is 4.96 Å². The van der Waals surface area contributed by atoms with Crippen LogP contribution in [0, 0.1) is 0 Å². The number of fused-ring (bicyclic) bond motifs is 1. The molecule has 0 fully saturated rings. The van der Waals surface area contributed by atoms with Gasteiger partial charge in [0.2, 0.25) is 5.96 Å². The topological polar surface area (TPSA) is 107 Å². The molecule has 7 nitrogen and oxygen atoms in total. The zero-order chi connectivity index (χ0) is 13.9. The molecule has 100 valence electrons. The number of pyridine rings is 1. The minimum atomic E-state index is -0.0854. The molecule has 3 aromatic heterocycles. The molecule has 0 bridgehead atoms. The fraction of sp³-hybridized carbons (Fsp3) is 0. The van der Waals surface area contributed by atoms with E-state index in [0.29, 0.717) is 0 Å². The van der Waals surface area contributed by atoms with Crippen LogP contribution in [0.3, 0.4) is 0 Å². The molecule has 0 saturated carbocycles. The summed E-state index contributed by atoms with van der Waals surface area (Å²) in [4.78, 5) is 9.48. The molecule has 0 radical (unpaired) electrons. The van der Waals surface area contributed by atoms with Crippen LogP contribution >= 0.6 is 11.3 Å². The summed E-state index contributed by atoms with van der Waals surface area (Å²) < 4.78 is 1.94. The van der Waals surface area contributed by atoms with Crippen molar-refractivity contribution in [2.24, 2.45) is 21.7 Å². The third kappa shape index (κ3) is 2.24. The van der Waals surface area contributed by atoms with Gasteiger partial charge in [0.05, 0.1) is 17.6 Å². The number of nitrogens with zero attached hydrogens (tertiary/aromatic N) is 5. The summed E-state index contributed by atoms with van der Waals surface area (Å²) >= 11 is 1.55. The van der Waals surface area contributed by atoms with E-state index in [4.69, 9.17) is 11.5 Å². The second kappa shape index (κ2) is 5.10. The summed E-state index contributed by atoms with van der Waals surface area (Å²) in [5, 5.41) is 9.44. The highest BCUT2D eigenvalue weighted by Crippen LogP contribution is 2.25. The van der Waals surface area contributed by atoms with E-state index in [1.54, 1.807) is 29.9 Å². The third-order valence-corrected chi connectivity index (χ3v) is 3.36. The van der Waals surface area contributed by atoms with E-state index in [-0.39, 0.29) is 5.96 Å². The Balaban J connectivity index is 2.14. The fourth-order valence-corrected chi connectivity index (χ4v) is 2.52. The van der Waals surface area contributed by atoms with E-state index in [0.717, 1.165) is 21.9 Å². The molecule has 0 aliphatic carbocycles. The normalized spacial score (nSPS) is 11.2. The smallest absolute Gasteiger partial charge is 0.211 e. The molecule has 4 N–H and O–H groups in total. The van der Waals surface area contributed by atoms with Gasteiger partial charge in [-0.25, -0.2) is 4.98 Å². The average molecular weight is 285 g/mol. The Morgan fingerprint density at radius 1 is 1.30 bits per heavy atom. The number of thiazole rings is 1. The first-order valence-corrected chi connectivity index (χ1v) is 6.61. The van der Waals surface area contributed by atoms with Crippen LogP contribution in [0.4, 0.5) is 0 Å². The molecule has 0 aliphatic rings. The Labute approximate surface area is 118 Å². The Morgan fingerprint density at radius 2 is 2.10 bits per heavy atom. The summed E-state index contributed by atoms with van der Waals surface area (Å²) in [5.41, 5.74) is 13.1. The van der Waals surface area contributed by atoms with Gasteiger partial charge in [-0.1, -0.05) is 0 Å². The van der Waals surface area contributed by atoms with Gasteiger partial charge in [0.25, 0.3) is 0 Å². The maximum Gasteiger partial charge on any atom is 0.211 e. The zero-order valence-electron chi connectivity index (χ0n) is 10.3. The van der Waals surface area contributed by atoms with E-state index in [1.807, 2.05) is 28.1 Å². The maximum absolute atomic E-state index is 5.26. The molecule has 0 aliphatic heterocycles. The first kappa shape index (κ1) is 12.3. The molecule has 0 atom stereocenters. The standard InChI is InChI=1S/C12H11N7S/c13-11(14)18-16-7-9-10(8-1-3-15-4-2-8)17-12-19(9)5-6-20-12/h1-7H,(H4,13,14,18)/b16-7+.